The van der Waals surface area contributed by atoms with Gasteiger partial charge in [0.25, 0.3) is 0 Å². The molecule has 2 N–H and O–H groups in total. The first kappa shape index (κ1) is 12.7. The smallest absolute Gasteiger partial charge is 0.365 e. The Balaban J connectivity index is 1.88. The quantitative estimate of drug-likeness (QED) is 0.860. The number of carboxylic acid groups (broad SMARTS) is 1. The zero-order chi connectivity index (χ0) is 13.0. The van der Waals surface area contributed by atoms with Crippen LogP contribution in [0, 0.1) is 6.92 Å². The van der Waals surface area contributed by atoms with Gasteiger partial charge in [-0.15, -0.1) is 11.3 Å². The van der Waals surface area contributed by atoms with Gasteiger partial charge in [0, 0.05) is 24.7 Å². The Labute approximate surface area is 109 Å². The summed E-state index contributed by atoms with van der Waals surface area (Å²) in [6.45, 7) is 3.20. The summed E-state index contributed by atoms with van der Waals surface area (Å²) in [7, 11) is 0. The molecule has 0 aromatic carbocycles. The molecule has 0 aliphatic rings. The van der Waals surface area contributed by atoms with E-state index in [2.05, 4.69) is 15.3 Å². The minimum atomic E-state index is -0.980. The van der Waals surface area contributed by atoms with E-state index in [1.165, 1.54) is 0 Å². The average Bonchev–Trinajstić information content (AvgIpc) is 2.80. The summed E-state index contributed by atoms with van der Waals surface area (Å²) in [5.74, 6) is -0.980. The molecule has 5 nitrogen and oxygen atoms in total. The molecule has 0 saturated heterocycles. The molecule has 6 heteroatoms. The van der Waals surface area contributed by atoms with Crippen molar-refractivity contribution in [3.63, 3.8) is 0 Å². The molecular formula is C12H13N3O2S. The van der Waals surface area contributed by atoms with Crippen molar-refractivity contribution in [1.82, 2.24) is 15.3 Å². The molecule has 2 heterocycles. The lowest BCUT2D eigenvalue weighted by molar-refractivity contribution is 0.0696. The fourth-order valence-corrected chi connectivity index (χ4v) is 2.15. The van der Waals surface area contributed by atoms with E-state index in [-0.39, 0.29) is 5.01 Å². The van der Waals surface area contributed by atoms with Gasteiger partial charge >= 0.3 is 5.97 Å². The lowest BCUT2D eigenvalue weighted by Crippen LogP contribution is -2.15. The first-order chi connectivity index (χ1) is 8.66. The fourth-order valence-electron chi connectivity index (χ4n) is 1.50. The minimum Gasteiger partial charge on any atom is -0.476 e. The Morgan fingerprint density at radius 2 is 2.33 bits per heavy atom. The van der Waals surface area contributed by atoms with E-state index < -0.39 is 5.97 Å². The monoisotopic (exact) mass is 263 g/mol. The second-order valence-electron chi connectivity index (χ2n) is 3.82. The molecule has 0 amide bonds. The standard InChI is InChI=1S/C12H13N3O2S/c1-8-3-2-4-14-10(8)6-13-5-9-7-18-11(15-9)12(16)17/h2-4,7,13H,5-6H2,1H3,(H,16,17). The van der Waals surface area contributed by atoms with Crippen molar-refractivity contribution < 1.29 is 9.90 Å². The molecule has 0 unspecified atom stereocenters. The van der Waals surface area contributed by atoms with Gasteiger partial charge in [-0.1, -0.05) is 6.07 Å². The zero-order valence-corrected chi connectivity index (χ0v) is 10.7. The number of hydrogen-bond donors (Lipinski definition) is 2. The van der Waals surface area contributed by atoms with Crippen molar-refractivity contribution in [2.45, 2.75) is 20.0 Å². The van der Waals surface area contributed by atoms with Crippen molar-refractivity contribution in [3.05, 3.63) is 45.7 Å². The number of carboxylic acids is 1. The number of carbonyl (C=O) groups is 1. The number of aromatic nitrogens is 2. The zero-order valence-electron chi connectivity index (χ0n) is 9.88. The molecule has 0 bridgehead atoms. The summed E-state index contributed by atoms with van der Waals surface area (Å²) in [4.78, 5) is 18.9. The summed E-state index contributed by atoms with van der Waals surface area (Å²) < 4.78 is 0. The lowest BCUT2D eigenvalue weighted by Gasteiger charge is -2.04. The third-order valence-electron chi connectivity index (χ3n) is 2.45. The molecule has 0 radical (unpaired) electrons. The molecule has 0 aliphatic carbocycles. The second kappa shape index (κ2) is 5.70. The van der Waals surface area contributed by atoms with E-state index in [1.54, 1.807) is 11.6 Å². The highest BCUT2D eigenvalue weighted by Crippen LogP contribution is 2.09. The van der Waals surface area contributed by atoms with Crippen LogP contribution in [0.3, 0.4) is 0 Å². The normalized spacial score (nSPS) is 10.5. The third-order valence-corrected chi connectivity index (χ3v) is 3.33. The van der Waals surface area contributed by atoms with Crippen LogP contribution in [-0.4, -0.2) is 21.0 Å². The van der Waals surface area contributed by atoms with Crippen LogP contribution in [0.1, 0.15) is 26.8 Å². The van der Waals surface area contributed by atoms with Gasteiger partial charge in [-0.3, -0.25) is 4.98 Å². The summed E-state index contributed by atoms with van der Waals surface area (Å²) >= 11 is 1.14. The third kappa shape index (κ3) is 3.12. The molecule has 0 fully saturated rings. The predicted octanol–water partition coefficient (Wildman–Crippen LogP) is 1.83. The molecule has 0 spiro atoms. The van der Waals surface area contributed by atoms with Gasteiger partial charge in [0.1, 0.15) is 0 Å². The second-order valence-corrected chi connectivity index (χ2v) is 4.68. The number of aromatic carboxylic acids is 1. The van der Waals surface area contributed by atoms with Crippen molar-refractivity contribution in [2.24, 2.45) is 0 Å². The van der Waals surface area contributed by atoms with Crippen LogP contribution in [0.25, 0.3) is 0 Å². The molecule has 0 aliphatic heterocycles. The highest BCUT2D eigenvalue weighted by atomic mass is 32.1. The van der Waals surface area contributed by atoms with E-state index >= 15 is 0 Å². The molecule has 2 aromatic rings. The molecule has 0 atom stereocenters. The summed E-state index contributed by atoms with van der Waals surface area (Å²) in [6.07, 6.45) is 1.76. The number of rotatable bonds is 5. The van der Waals surface area contributed by atoms with Crippen LogP contribution in [0.15, 0.2) is 23.7 Å². The lowest BCUT2D eigenvalue weighted by atomic mass is 10.2. The van der Waals surface area contributed by atoms with E-state index in [9.17, 15) is 4.79 Å². The molecular weight excluding hydrogens is 250 g/mol. The first-order valence-electron chi connectivity index (χ1n) is 5.45. The Bertz CT molecular complexity index is 554. The van der Waals surface area contributed by atoms with Crippen LogP contribution in [-0.2, 0) is 13.1 Å². The number of aryl methyl sites for hydroxylation is 1. The summed E-state index contributed by atoms with van der Waals surface area (Å²) in [6, 6.07) is 3.91. The van der Waals surface area contributed by atoms with Gasteiger partial charge < -0.3 is 10.4 Å². The maximum absolute atomic E-state index is 10.7. The van der Waals surface area contributed by atoms with Crippen LogP contribution in [0.5, 0.6) is 0 Å². The molecule has 2 aromatic heterocycles. The summed E-state index contributed by atoms with van der Waals surface area (Å²) in [5, 5.41) is 13.8. The number of hydrogen-bond acceptors (Lipinski definition) is 5. The van der Waals surface area contributed by atoms with Gasteiger partial charge in [0.05, 0.1) is 11.4 Å². The topological polar surface area (TPSA) is 75.1 Å². The molecule has 94 valence electrons. The number of thiazole rings is 1. The van der Waals surface area contributed by atoms with Crippen LogP contribution in [0.4, 0.5) is 0 Å². The van der Waals surface area contributed by atoms with Crippen LogP contribution >= 0.6 is 11.3 Å². The van der Waals surface area contributed by atoms with Crippen molar-refractivity contribution in [2.75, 3.05) is 0 Å². The molecule has 2 rings (SSSR count). The SMILES string of the molecule is Cc1cccnc1CNCc1csc(C(=O)O)n1. The van der Waals surface area contributed by atoms with Gasteiger partial charge in [-0.25, -0.2) is 9.78 Å². The van der Waals surface area contributed by atoms with Gasteiger partial charge in [0.15, 0.2) is 0 Å². The molecule has 0 saturated carbocycles. The predicted molar refractivity (Wildman–Crippen MR) is 68.6 cm³/mol. The van der Waals surface area contributed by atoms with Gasteiger partial charge in [-0.2, -0.15) is 0 Å². The number of nitrogens with zero attached hydrogens (tertiary/aromatic N) is 2. The Hall–Kier alpha value is -1.79. The van der Waals surface area contributed by atoms with E-state index in [0.717, 1.165) is 28.3 Å². The maximum atomic E-state index is 10.7. The number of nitrogens with one attached hydrogen (secondary N) is 1. The minimum absolute atomic E-state index is 0.126. The maximum Gasteiger partial charge on any atom is 0.365 e. The van der Waals surface area contributed by atoms with Crippen LogP contribution < -0.4 is 5.32 Å². The Kier molecular flexibility index (Phi) is 4.01. The summed E-state index contributed by atoms with van der Waals surface area (Å²) in [5.41, 5.74) is 2.87. The Morgan fingerprint density at radius 1 is 1.50 bits per heavy atom. The van der Waals surface area contributed by atoms with E-state index in [1.807, 2.05) is 19.1 Å². The Morgan fingerprint density at radius 3 is 3.00 bits per heavy atom. The largest absolute Gasteiger partial charge is 0.476 e. The average molecular weight is 263 g/mol. The van der Waals surface area contributed by atoms with Crippen molar-refractivity contribution in [3.8, 4) is 0 Å². The number of pyridine rings is 1. The fraction of sp³-hybridized carbons (Fsp3) is 0.250. The van der Waals surface area contributed by atoms with E-state index in [0.29, 0.717) is 13.1 Å². The van der Waals surface area contributed by atoms with Gasteiger partial charge in [0.2, 0.25) is 5.01 Å². The highest BCUT2D eigenvalue weighted by Gasteiger charge is 2.08. The van der Waals surface area contributed by atoms with Crippen molar-refractivity contribution >= 4 is 17.3 Å². The molecule has 18 heavy (non-hydrogen) atoms. The van der Waals surface area contributed by atoms with Gasteiger partial charge in [-0.05, 0) is 18.6 Å². The van der Waals surface area contributed by atoms with E-state index in [4.69, 9.17) is 5.11 Å². The van der Waals surface area contributed by atoms with Crippen molar-refractivity contribution in [1.29, 1.82) is 0 Å². The van der Waals surface area contributed by atoms with Crippen LogP contribution in [0.2, 0.25) is 0 Å². The first-order valence-corrected chi connectivity index (χ1v) is 6.33. The highest BCUT2D eigenvalue weighted by molar-refractivity contribution is 7.11.